The molecule has 5 aliphatic carbocycles. The molecule has 0 bridgehead atoms. The minimum atomic E-state index is -3.49. The average Bonchev–Trinajstić information content (AvgIpc) is 2.83. The molecule has 7 heteroatoms. The summed E-state index contributed by atoms with van der Waals surface area (Å²) in [7, 11) is 0. The smallest absolute Gasteiger partial charge is 0.321 e. The quantitative estimate of drug-likeness (QED) is 0.410. The number of amides is 1. The van der Waals surface area contributed by atoms with Crippen LogP contribution in [-0.2, 0) is 14.4 Å². The van der Waals surface area contributed by atoms with Crippen molar-refractivity contribution >= 4 is 17.5 Å². The van der Waals surface area contributed by atoms with Crippen molar-refractivity contribution in [2.75, 3.05) is 0 Å². The lowest BCUT2D eigenvalue weighted by molar-refractivity contribution is -0.168. The van der Waals surface area contributed by atoms with Crippen molar-refractivity contribution in [2.24, 2.45) is 44.8 Å². The van der Waals surface area contributed by atoms with E-state index >= 15 is 0 Å². The number of nitriles is 1. The lowest BCUT2D eigenvalue weighted by atomic mass is 9.35. The van der Waals surface area contributed by atoms with Crippen molar-refractivity contribution in [3.8, 4) is 6.07 Å². The Kier molecular flexibility index (Phi) is 6.09. The van der Waals surface area contributed by atoms with Crippen molar-refractivity contribution in [3.05, 3.63) is 23.3 Å². The number of hydrogen-bond donors (Lipinski definition) is 1. The molecule has 1 amide bonds. The number of halogens is 2. The number of nitrogens with one attached hydrogen (secondary N) is 1. The Morgan fingerprint density at radius 1 is 1.02 bits per heavy atom. The van der Waals surface area contributed by atoms with Crippen LogP contribution in [0.25, 0.3) is 0 Å². The molecular formula is C33H44F2N2O3. The molecule has 3 saturated carbocycles. The number of nitrogens with zero attached hydrogens (tertiary/aromatic N) is 1. The number of carbonyl (C=O) groups excluding carboxylic acids is 3. The van der Waals surface area contributed by atoms with Crippen molar-refractivity contribution in [2.45, 2.75) is 112 Å². The number of Topliss-reactive ketones (excluding diaryl/α,β-unsaturated/α-hetero) is 1. The van der Waals surface area contributed by atoms with Gasteiger partial charge in [0.2, 0.25) is 0 Å². The zero-order valence-corrected chi connectivity index (χ0v) is 25.3. The van der Waals surface area contributed by atoms with Crippen LogP contribution in [0, 0.1) is 56.2 Å². The van der Waals surface area contributed by atoms with E-state index in [1.165, 1.54) is 0 Å². The van der Waals surface area contributed by atoms with Gasteiger partial charge in [0.05, 0.1) is 5.57 Å². The van der Waals surface area contributed by atoms with Gasteiger partial charge in [0.15, 0.2) is 11.6 Å². The van der Waals surface area contributed by atoms with Crippen LogP contribution >= 0.6 is 0 Å². The number of alkyl halides is 2. The van der Waals surface area contributed by atoms with Crippen LogP contribution in [0.3, 0.4) is 0 Å². The van der Waals surface area contributed by atoms with E-state index in [0.29, 0.717) is 32.6 Å². The molecule has 0 aromatic rings. The fourth-order valence-electron chi connectivity index (χ4n) is 10.2. The molecular weight excluding hydrogens is 510 g/mol. The van der Waals surface area contributed by atoms with E-state index in [-0.39, 0.29) is 34.4 Å². The average molecular weight is 555 g/mol. The monoisotopic (exact) mass is 554 g/mol. The zero-order valence-electron chi connectivity index (χ0n) is 25.3. The van der Waals surface area contributed by atoms with Gasteiger partial charge in [-0.3, -0.25) is 14.4 Å². The highest BCUT2D eigenvalue weighted by molar-refractivity contribution is 6.04. The van der Waals surface area contributed by atoms with Gasteiger partial charge in [-0.1, -0.05) is 60.1 Å². The maximum Gasteiger partial charge on any atom is 0.321 e. The number of hydrogen-bond acceptors (Lipinski definition) is 4. The highest BCUT2D eigenvalue weighted by Gasteiger charge is 2.70. The molecule has 218 valence electrons. The number of fused-ring (bicyclic) bond motifs is 7. The summed E-state index contributed by atoms with van der Waals surface area (Å²) in [5.74, 6) is -5.62. The third-order valence-corrected chi connectivity index (χ3v) is 12.6. The summed E-state index contributed by atoms with van der Waals surface area (Å²) in [6.45, 7) is 15.3. The topological polar surface area (TPSA) is 87.0 Å². The summed E-state index contributed by atoms with van der Waals surface area (Å²) in [6, 6.07) is 2.13. The summed E-state index contributed by atoms with van der Waals surface area (Å²) in [5, 5.41) is 12.7. The van der Waals surface area contributed by atoms with Gasteiger partial charge in [0, 0.05) is 29.2 Å². The Bertz CT molecular complexity index is 1300. The third-order valence-electron chi connectivity index (χ3n) is 12.6. The van der Waals surface area contributed by atoms with Gasteiger partial charge in [-0.05, 0) is 79.1 Å². The molecule has 0 aliphatic heterocycles. The molecule has 40 heavy (non-hydrogen) atoms. The van der Waals surface area contributed by atoms with E-state index in [1.54, 1.807) is 6.08 Å². The van der Waals surface area contributed by atoms with E-state index in [1.807, 2.05) is 19.9 Å². The first kappa shape index (κ1) is 29.1. The van der Waals surface area contributed by atoms with E-state index < -0.39 is 44.9 Å². The normalized spacial score (nSPS) is 43.6. The molecule has 0 heterocycles. The van der Waals surface area contributed by atoms with Crippen LogP contribution in [0.1, 0.15) is 100 Å². The summed E-state index contributed by atoms with van der Waals surface area (Å²) in [5.41, 5.74) is -1.98. The van der Waals surface area contributed by atoms with E-state index in [0.717, 1.165) is 24.8 Å². The van der Waals surface area contributed by atoms with Crippen LogP contribution in [0.15, 0.2) is 23.3 Å². The Labute approximate surface area is 237 Å². The van der Waals surface area contributed by atoms with E-state index in [4.69, 9.17) is 0 Å². The molecule has 0 saturated heterocycles. The minimum Gasteiger partial charge on any atom is -0.345 e. The molecule has 0 aromatic carbocycles. The van der Waals surface area contributed by atoms with Crippen LogP contribution in [0.4, 0.5) is 8.78 Å². The Morgan fingerprint density at radius 3 is 2.25 bits per heavy atom. The highest BCUT2D eigenvalue weighted by Crippen LogP contribution is 2.73. The Balaban J connectivity index is 1.67. The van der Waals surface area contributed by atoms with Crippen LogP contribution < -0.4 is 5.32 Å². The first-order chi connectivity index (χ1) is 18.2. The highest BCUT2D eigenvalue weighted by atomic mass is 19.3. The lowest BCUT2D eigenvalue weighted by Gasteiger charge is -2.69. The van der Waals surface area contributed by atoms with Crippen molar-refractivity contribution < 1.29 is 23.2 Å². The predicted molar refractivity (Wildman–Crippen MR) is 148 cm³/mol. The van der Waals surface area contributed by atoms with E-state index in [9.17, 15) is 28.4 Å². The molecule has 5 nitrogen and oxygen atoms in total. The lowest BCUT2D eigenvalue weighted by Crippen LogP contribution is -2.70. The second-order valence-corrected chi connectivity index (χ2v) is 15.8. The molecule has 0 spiro atoms. The van der Waals surface area contributed by atoms with Gasteiger partial charge in [-0.15, -0.1) is 0 Å². The molecule has 5 aliphatic rings. The summed E-state index contributed by atoms with van der Waals surface area (Å²) in [6.07, 6.45) is 8.42. The predicted octanol–water partition coefficient (Wildman–Crippen LogP) is 6.73. The first-order valence-corrected chi connectivity index (χ1v) is 14.8. The Morgan fingerprint density at radius 2 is 1.65 bits per heavy atom. The zero-order chi connectivity index (χ0) is 29.9. The minimum absolute atomic E-state index is 0.0113. The summed E-state index contributed by atoms with van der Waals surface area (Å²) in [4.78, 5) is 40.3. The van der Waals surface area contributed by atoms with Crippen molar-refractivity contribution in [1.29, 1.82) is 5.26 Å². The largest absolute Gasteiger partial charge is 0.345 e. The molecule has 0 unspecified atom stereocenters. The van der Waals surface area contributed by atoms with Gasteiger partial charge < -0.3 is 5.32 Å². The van der Waals surface area contributed by atoms with Crippen molar-refractivity contribution in [1.82, 2.24) is 5.32 Å². The fraction of sp³-hybridized carbons (Fsp3) is 0.758. The molecule has 0 radical (unpaired) electrons. The van der Waals surface area contributed by atoms with Gasteiger partial charge >= 0.3 is 5.92 Å². The Hall–Kier alpha value is -2.36. The fourth-order valence-corrected chi connectivity index (χ4v) is 10.2. The summed E-state index contributed by atoms with van der Waals surface area (Å²) < 4.78 is 28.3. The van der Waals surface area contributed by atoms with Gasteiger partial charge in [0.25, 0.3) is 5.91 Å². The third kappa shape index (κ3) is 3.69. The van der Waals surface area contributed by atoms with Crippen LogP contribution in [0.5, 0.6) is 0 Å². The number of ketones is 2. The molecule has 5 rings (SSSR count). The number of allylic oxidation sites excluding steroid dienone is 4. The number of rotatable bonds is 2. The van der Waals surface area contributed by atoms with Crippen LogP contribution in [-0.4, -0.2) is 28.9 Å². The molecule has 3 fully saturated rings. The molecule has 0 aromatic heterocycles. The summed E-state index contributed by atoms with van der Waals surface area (Å²) >= 11 is 0. The molecule has 1 N–H and O–H groups in total. The van der Waals surface area contributed by atoms with Gasteiger partial charge in [0.1, 0.15) is 6.07 Å². The maximum absolute atomic E-state index is 14.4. The second kappa shape index (κ2) is 8.35. The second-order valence-electron chi connectivity index (χ2n) is 15.8. The standard InChI is InChI=1S/C33H44F2N2O3/c1-27(2)11-13-33(37-26(40)32(8,34)35)14-12-31(7)24(20(33)17-27)21(38)15-23-29(5)16-19(18-36)25(39)28(3,4)22(29)9-10-30(23,31)6/h15-16,20,22,24H,9-14,17H2,1-8H3,(H,37,40)/t20-,22+,24-,29+,30-,31+,33-/m1/s1. The number of carbonyl (C=O) groups is 3. The van der Waals surface area contributed by atoms with Gasteiger partial charge in [-0.2, -0.15) is 14.0 Å². The molecule has 7 atom stereocenters. The van der Waals surface area contributed by atoms with Crippen LogP contribution in [0.2, 0.25) is 0 Å². The first-order valence-electron chi connectivity index (χ1n) is 14.8. The maximum atomic E-state index is 14.4. The SMILES string of the molecule is CC1(C)CC[C@@]2(NC(=O)C(C)(F)F)CC[C@@]3(C)[C@@H](C(=O)C=C4[C@@]5(C)C=C(C#N)C(=O)C(C)(C)[C@@H]5CC[C@]43C)[C@H]2C1. The van der Waals surface area contributed by atoms with Gasteiger partial charge in [-0.25, -0.2) is 0 Å². The van der Waals surface area contributed by atoms with Crippen molar-refractivity contribution in [3.63, 3.8) is 0 Å². The van der Waals surface area contributed by atoms with E-state index in [2.05, 4.69) is 46.0 Å².